The Kier molecular flexibility index (Phi) is 3.89. The second-order valence-corrected chi connectivity index (χ2v) is 6.80. The second kappa shape index (κ2) is 6.21. The fourth-order valence-corrected chi connectivity index (χ4v) is 3.61. The van der Waals surface area contributed by atoms with Crippen molar-refractivity contribution in [2.75, 3.05) is 19.0 Å². The van der Waals surface area contributed by atoms with Gasteiger partial charge in [-0.3, -0.25) is 4.79 Å². The second-order valence-electron chi connectivity index (χ2n) is 6.80. The zero-order valence-corrected chi connectivity index (χ0v) is 14.6. The van der Waals surface area contributed by atoms with Crippen LogP contribution in [0.25, 0.3) is 16.8 Å². The first-order valence-corrected chi connectivity index (χ1v) is 8.67. The summed E-state index contributed by atoms with van der Waals surface area (Å²) in [5.41, 5.74) is 5.71. The van der Waals surface area contributed by atoms with Crippen molar-refractivity contribution in [2.45, 2.75) is 12.8 Å². The molecule has 0 aliphatic heterocycles. The summed E-state index contributed by atoms with van der Waals surface area (Å²) in [6.07, 6.45) is 5.74. The van der Waals surface area contributed by atoms with Crippen LogP contribution in [0.15, 0.2) is 60.7 Å². The van der Waals surface area contributed by atoms with Crippen LogP contribution in [0.3, 0.4) is 0 Å². The van der Waals surface area contributed by atoms with E-state index < -0.39 is 0 Å². The Morgan fingerprint density at radius 2 is 1.64 bits per heavy atom. The normalized spacial score (nSPS) is 12.9. The molecule has 0 unspecified atom stereocenters. The van der Waals surface area contributed by atoms with Crippen LogP contribution in [-0.2, 0) is 12.8 Å². The van der Waals surface area contributed by atoms with Crippen molar-refractivity contribution in [3.63, 3.8) is 0 Å². The molecule has 4 rings (SSSR count). The number of carbonyl (C=O) groups is 1. The molecule has 0 saturated carbocycles. The Bertz CT molecular complexity index is 971. The minimum atomic E-state index is 0.0623. The maximum absolute atomic E-state index is 12.8. The zero-order chi connectivity index (χ0) is 17.4. The largest absolute Gasteiger partial charge is 0.378 e. The van der Waals surface area contributed by atoms with Gasteiger partial charge in [0.15, 0.2) is 5.78 Å². The quantitative estimate of drug-likeness (QED) is 0.502. The molecule has 2 heteroatoms. The Morgan fingerprint density at radius 1 is 0.920 bits per heavy atom. The van der Waals surface area contributed by atoms with Crippen LogP contribution in [0, 0.1) is 0 Å². The van der Waals surface area contributed by atoms with Crippen molar-refractivity contribution >= 4 is 28.3 Å². The number of benzene rings is 3. The summed E-state index contributed by atoms with van der Waals surface area (Å²) in [5, 5.41) is 2.38. The van der Waals surface area contributed by atoms with E-state index in [0.717, 1.165) is 35.0 Å². The highest BCUT2D eigenvalue weighted by Crippen LogP contribution is 2.33. The Balaban J connectivity index is 1.65. The van der Waals surface area contributed by atoms with E-state index in [9.17, 15) is 4.79 Å². The third-order valence-corrected chi connectivity index (χ3v) is 4.98. The average Bonchev–Trinajstić information content (AvgIpc) is 3.05. The summed E-state index contributed by atoms with van der Waals surface area (Å²) in [7, 11) is 4.04. The molecule has 0 aromatic heterocycles. The summed E-state index contributed by atoms with van der Waals surface area (Å²) < 4.78 is 0. The predicted molar refractivity (Wildman–Crippen MR) is 105 cm³/mol. The van der Waals surface area contributed by atoms with Crippen LogP contribution >= 0.6 is 0 Å². The summed E-state index contributed by atoms with van der Waals surface area (Å²) >= 11 is 0. The third kappa shape index (κ3) is 2.85. The molecule has 0 fully saturated rings. The Morgan fingerprint density at radius 3 is 2.36 bits per heavy atom. The highest BCUT2D eigenvalue weighted by atomic mass is 16.1. The molecule has 0 atom stereocenters. The van der Waals surface area contributed by atoms with Crippen molar-refractivity contribution in [3.05, 3.63) is 82.9 Å². The molecule has 124 valence electrons. The van der Waals surface area contributed by atoms with Gasteiger partial charge >= 0.3 is 0 Å². The van der Waals surface area contributed by atoms with Crippen LogP contribution in [-0.4, -0.2) is 19.9 Å². The molecule has 0 N–H and O–H groups in total. The SMILES string of the molecule is CN(C)c1ccc(/C=C\C(=O)c2ccc3c4c(cccc24)CC3)cc1. The van der Waals surface area contributed by atoms with E-state index in [1.807, 2.05) is 38.4 Å². The molecule has 0 bridgehead atoms. The average molecular weight is 327 g/mol. The first-order valence-electron chi connectivity index (χ1n) is 8.67. The molecular formula is C23H21NO. The van der Waals surface area contributed by atoms with Gasteiger partial charge in [-0.2, -0.15) is 0 Å². The first kappa shape index (κ1) is 15.6. The molecular weight excluding hydrogens is 306 g/mol. The molecule has 0 heterocycles. The van der Waals surface area contributed by atoms with Crippen LogP contribution in [0.5, 0.6) is 0 Å². The van der Waals surface area contributed by atoms with E-state index in [4.69, 9.17) is 0 Å². The van der Waals surface area contributed by atoms with E-state index >= 15 is 0 Å². The maximum atomic E-state index is 12.8. The van der Waals surface area contributed by atoms with Gasteiger partial charge in [0.2, 0.25) is 0 Å². The lowest BCUT2D eigenvalue weighted by Gasteiger charge is -2.11. The number of carbonyl (C=O) groups excluding carboxylic acids is 1. The summed E-state index contributed by atoms with van der Waals surface area (Å²) in [5.74, 6) is 0.0623. The fourth-order valence-electron chi connectivity index (χ4n) is 3.61. The van der Waals surface area contributed by atoms with Gasteiger partial charge in [0.25, 0.3) is 0 Å². The number of hydrogen-bond donors (Lipinski definition) is 0. The van der Waals surface area contributed by atoms with E-state index in [1.54, 1.807) is 6.08 Å². The molecule has 2 nitrogen and oxygen atoms in total. The van der Waals surface area contributed by atoms with Crippen molar-refractivity contribution in [3.8, 4) is 0 Å². The van der Waals surface area contributed by atoms with Gasteiger partial charge in [-0.1, -0.05) is 48.5 Å². The van der Waals surface area contributed by atoms with Gasteiger partial charge < -0.3 is 4.90 Å². The summed E-state index contributed by atoms with van der Waals surface area (Å²) in [6.45, 7) is 0. The standard InChI is InChI=1S/C23H21NO/c1-24(2)19-12-6-16(7-13-19)8-15-22(25)20-14-11-18-10-9-17-4-3-5-21(20)23(17)18/h3-8,11-15H,9-10H2,1-2H3/b15-8-. The van der Waals surface area contributed by atoms with Crippen LogP contribution < -0.4 is 4.90 Å². The lowest BCUT2D eigenvalue weighted by atomic mass is 9.97. The molecule has 3 aromatic carbocycles. The first-order chi connectivity index (χ1) is 12.1. The topological polar surface area (TPSA) is 20.3 Å². The molecule has 0 amide bonds. The zero-order valence-electron chi connectivity index (χ0n) is 14.6. The monoisotopic (exact) mass is 327 g/mol. The summed E-state index contributed by atoms with van der Waals surface area (Å²) in [6, 6.07) is 18.6. The van der Waals surface area contributed by atoms with Gasteiger partial charge in [0, 0.05) is 25.3 Å². The minimum Gasteiger partial charge on any atom is -0.378 e. The molecule has 0 spiro atoms. The highest BCUT2D eigenvalue weighted by molar-refractivity contribution is 6.15. The third-order valence-electron chi connectivity index (χ3n) is 4.98. The molecule has 25 heavy (non-hydrogen) atoms. The molecule has 0 saturated heterocycles. The van der Waals surface area contributed by atoms with Crippen LogP contribution in [0.2, 0.25) is 0 Å². The molecule has 1 aliphatic rings. The smallest absolute Gasteiger partial charge is 0.186 e. The van der Waals surface area contributed by atoms with E-state index in [2.05, 4.69) is 41.3 Å². The minimum absolute atomic E-state index is 0.0623. The van der Waals surface area contributed by atoms with Crippen molar-refractivity contribution in [2.24, 2.45) is 0 Å². The van der Waals surface area contributed by atoms with Crippen molar-refractivity contribution < 1.29 is 4.79 Å². The number of aryl methyl sites for hydroxylation is 2. The number of nitrogens with zero attached hydrogens (tertiary/aromatic N) is 1. The number of anilines is 1. The van der Waals surface area contributed by atoms with E-state index in [1.165, 1.54) is 16.5 Å². The van der Waals surface area contributed by atoms with Gasteiger partial charge in [-0.15, -0.1) is 0 Å². The predicted octanol–water partition coefficient (Wildman–Crippen LogP) is 4.90. The highest BCUT2D eigenvalue weighted by Gasteiger charge is 2.17. The number of hydrogen-bond acceptors (Lipinski definition) is 2. The van der Waals surface area contributed by atoms with Crippen molar-refractivity contribution in [1.82, 2.24) is 0 Å². The number of allylic oxidation sites excluding steroid dienone is 1. The van der Waals surface area contributed by atoms with Crippen LogP contribution in [0.1, 0.15) is 27.0 Å². The fraction of sp³-hybridized carbons (Fsp3) is 0.174. The van der Waals surface area contributed by atoms with Gasteiger partial charge in [0.05, 0.1) is 0 Å². The Labute approximate surface area is 148 Å². The number of rotatable bonds is 4. The number of ketones is 1. The lowest BCUT2D eigenvalue weighted by Crippen LogP contribution is -2.07. The molecule has 3 aromatic rings. The van der Waals surface area contributed by atoms with Gasteiger partial charge in [-0.05, 0) is 58.5 Å². The van der Waals surface area contributed by atoms with E-state index in [0.29, 0.717) is 0 Å². The summed E-state index contributed by atoms with van der Waals surface area (Å²) in [4.78, 5) is 14.8. The lowest BCUT2D eigenvalue weighted by molar-refractivity contribution is 0.104. The molecule has 0 radical (unpaired) electrons. The van der Waals surface area contributed by atoms with Crippen LogP contribution in [0.4, 0.5) is 5.69 Å². The van der Waals surface area contributed by atoms with Gasteiger partial charge in [-0.25, -0.2) is 0 Å². The van der Waals surface area contributed by atoms with Gasteiger partial charge in [0.1, 0.15) is 0 Å². The Hall–Kier alpha value is -2.87. The maximum Gasteiger partial charge on any atom is 0.186 e. The molecule has 1 aliphatic carbocycles. The van der Waals surface area contributed by atoms with Crippen molar-refractivity contribution in [1.29, 1.82) is 0 Å². The van der Waals surface area contributed by atoms with E-state index in [-0.39, 0.29) is 5.78 Å².